The van der Waals surface area contributed by atoms with Crippen molar-refractivity contribution in [3.63, 3.8) is 0 Å². The molecule has 0 aliphatic rings. The number of rotatable bonds is 4. The molecular formula is C14H22N2OS. The van der Waals surface area contributed by atoms with Crippen molar-refractivity contribution in [1.82, 2.24) is 5.32 Å². The molecule has 1 atom stereocenters. The number of carbonyl (C=O) groups is 1. The Balaban J connectivity index is 2.53. The first-order valence-electron chi connectivity index (χ1n) is 6.07. The molecule has 4 heteroatoms. The lowest BCUT2D eigenvalue weighted by Gasteiger charge is -2.20. The summed E-state index contributed by atoms with van der Waals surface area (Å²) in [5, 5.41) is 2.94. The van der Waals surface area contributed by atoms with Crippen molar-refractivity contribution in [3.05, 3.63) is 29.8 Å². The van der Waals surface area contributed by atoms with Gasteiger partial charge in [0.15, 0.2) is 0 Å². The van der Waals surface area contributed by atoms with Gasteiger partial charge in [-0.1, -0.05) is 12.1 Å². The lowest BCUT2D eigenvalue weighted by atomic mass is 10.1. The maximum atomic E-state index is 11.7. The standard InChI is InChI=1S/C14H22N2OS/c1-10(15)11-6-5-7-12(8-11)18-9-13(17)16-14(2,3)4/h5-8,10H,9,15H2,1-4H3,(H,16,17). The molecule has 3 N–H and O–H groups in total. The van der Waals surface area contributed by atoms with Crippen LogP contribution in [0.15, 0.2) is 29.2 Å². The summed E-state index contributed by atoms with van der Waals surface area (Å²) >= 11 is 1.53. The average molecular weight is 266 g/mol. The molecule has 0 spiro atoms. The highest BCUT2D eigenvalue weighted by molar-refractivity contribution is 8.00. The number of nitrogens with two attached hydrogens (primary N) is 1. The SMILES string of the molecule is CC(N)c1cccc(SCC(=O)NC(C)(C)C)c1. The van der Waals surface area contributed by atoms with E-state index in [1.54, 1.807) is 0 Å². The van der Waals surface area contributed by atoms with Gasteiger partial charge in [-0.05, 0) is 45.4 Å². The fraction of sp³-hybridized carbons (Fsp3) is 0.500. The van der Waals surface area contributed by atoms with Crippen LogP contribution >= 0.6 is 11.8 Å². The van der Waals surface area contributed by atoms with E-state index in [1.165, 1.54) is 11.8 Å². The van der Waals surface area contributed by atoms with Crippen LogP contribution in [0, 0.1) is 0 Å². The minimum absolute atomic E-state index is 0.0222. The normalized spacial score (nSPS) is 13.2. The van der Waals surface area contributed by atoms with Crippen molar-refractivity contribution >= 4 is 17.7 Å². The highest BCUT2D eigenvalue weighted by atomic mass is 32.2. The Labute approximate surface area is 114 Å². The highest BCUT2D eigenvalue weighted by Gasteiger charge is 2.13. The topological polar surface area (TPSA) is 55.1 Å². The van der Waals surface area contributed by atoms with Gasteiger partial charge in [0.25, 0.3) is 0 Å². The minimum atomic E-state index is -0.175. The van der Waals surface area contributed by atoms with Crippen LogP contribution < -0.4 is 11.1 Å². The summed E-state index contributed by atoms with van der Waals surface area (Å²) in [6.07, 6.45) is 0. The Bertz CT molecular complexity index is 411. The maximum Gasteiger partial charge on any atom is 0.230 e. The Morgan fingerprint density at radius 3 is 2.67 bits per heavy atom. The van der Waals surface area contributed by atoms with Gasteiger partial charge in [-0.3, -0.25) is 4.79 Å². The van der Waals surface area contributed by atoms with Gasteiger partial charge in [-0.15, -0.1) is 11.8 Å². The fourth-order valence-electron chi connectivity index (χ4n) is 1.49. The van der Waals surface area contributed by atoms with E-state index in [-0.39, 0.29) is 17.5 Å². The Morgan fingerprint density at radius 2 is 2.11 bits per heavy atom. The number of nitrogens with one attached hydrogen (secondary N) is 1. The molecule has 0 aliphatic heterocycles. The van der Waals surface area contributed by atoms with Gasteiger partial charge < -0.3 is 11.1 Å². The third-order valence-electron chi connectivity index (χ3n) is 2.27. The molecule has 0 aliphatic carbocycles. The second kappa shape index (κ2) is 6.25. The molecule has 0 heterocycles. The molecule has 3 nitrogen and oxygen atoms in total. The van der Waals surface area contributed by atoms with Gasteiger partial charge in [0.05, 0.1) is 5.75 Å². The zero-order chi connectivity index (χ0) is 13.8. The van der Waals surface area contributed by atoms with Gasteiger partial charge in [0.1, 0.15) is 0 Å². The maximum absolute atomic E-state index is 11.7. The average Bonchev–Trinajstić information content (AvgIpc) is 2.24. The van der Waals surface area contributed by atoms with E-state index in [1.807, 2.05) is 52.0 Å². The van der Waals surface area contributed by atoms with Crippen LogP contribution in [0.1, 0.15) is 39.3 Å². The van der Waals surface area contributed by atoms with E-state index in [9.17, 15) is 4.79 Å². The molecule has 0 bridgehead atoms. The van der Waals surface area contributed by atoms with Crippen LogP contribution in [0.4, 0.5) is 0 Å². The van der Waals surface area contributed by atoms with Crippen molar-refractivity contribution in [1.29, 1.82) is 0 Å². The zero-order valence-electron chi connectivity index (χ0n) is 11.5. The second-order valence-electron chi connectivity index (χ2n) is 5.45. The molecule has 1 unspecified atom stereocenters. The van der Waals surface area contributed by atoms with Crippen molar-refractivity contribution in [2.45, 2.75) is 44.2 Å². The van der Waals surface area contributed by atoms with Crippen molar-refractivity contribution in [2.24, 2.45) is 5.73 Å². The number of amides is 1. The lowest BCUT2D eigenvalue weighted by molar-refractivity contribution is -0.119. The molecular weight excluding hydrogens is 244 g/mol. The molecule has 1 aromatic carbocycles. The highest BCUT2D eigenvalue weighted by Crippen LogP contribution is 2.21. The second-order valence-corrected chi connectivity index (χ2v) is 6.50. The molecule has 1 amide bonds. The largest absolute Gasteiger partial charge is 0.351 e. The summed E-state index contributed by atoms with van der Waals surface area (Å²) in [5.74, 6) is 0.485. The molecule has 0 saturated carbocycles. The van der Waals surface area contributed by atoms with Crippen LogP contribution in [-0.4, -0.2) is 17.2 Å². The van der Waals surface area contributed by atoms with Gasteiger partial charge >= 0.3 is 0 Å². The smallest absolute Gasteiger partial charge is 0.230 e. The van der Waals surface area contributed by atoms with E-state index in [0.29, 0.717) is 5.75 Å². The third kappa shape index (κ3) is 5.56. The molecule has 100 valence electrons. The predicted molar refractivity (Wildman–Crippen MR) is 77.7 cm³/mol. The first-order valence-corrected chi connectivity index (χ1v) is 7.06. The van der Waals surface area contributed by atoms with Crippen LogP contribution in [0.3, 0.4) is 0 Å². The number of hydrogen-bond donors (Lipinski definition) is 2. The van der Waals surface area contributed by atoms with Gasteiger partial charge in [-0.25, -0.2) is 0 Å². The molecule has 0 radical (unpaired) electrons. The van der Waals surface area contributed by atoms with E-state index in [4.69, 9.17) is 5.73 Å². The van der Waals surface area contributed by atoms with Gasteiger partial charge in [0, 0.05) is 16.5 Å². The van der Waals surface area contributed by atoms with Crippen molar-refractivity contribution in [2.75, 3.05) is 5.75 Å². The lowest BCUT2D eigenvalue weighted by Crippen LogP contribution is -2.41. The molecule has 0 saturated heterocycles. The summed E-state index contributed by atoms with van der Waals surface area (Å²) in [5.41, 5.74) is 6.75. The number of carbonyl (C=O) groups excluding carboxylic acids is 1. The first-order chi connectivity index (χ1) is 8.28. The Morgan fingerprint density at radius 1 is 1.44 bits per heavy atom. The van der Waals surface area contributed by atoms with E-state index >= 15 is 0 Å². The summed E-state index contributed by atoms with van der Waals surface area (Å²) < 4.78 is 0. The number of thioether (sulfide) groups is 1. The number of hydrogen-bond acceptors (Lipinski definition) is 3. The molecule has 0 fully saturated rings. The Hall–Kier alpha value is -1.00. The van der Waals surface area contributed by atoms with Gasteiger partial charge in [-0.2, -0.15) is 0 Å². The van der Waals surface area contributed by atoms with Crippen LogP contribution in [0.25, 0.3) is 0 Å². The van der Waals surface area contributed by atoms with E-state index in [2.05, 4.69) is 5.32 Å². The number of benzene rings is 1. The summed E-state index contributed by atoms with van der Waals surface area (Å²) in [6, 6.07) is 8.04. The monoisotopic (exact) mass is 266 g/mol. The van der Waals surface area contributed by atoms with E-state index in [0.717, 1.165) is 10.5 Å². The third-order valence-corrected chi connectivity index (χ3v) is 3.26. The fourth-order valence-corrected chi connectivity index (χ4v) is 2.25. The molecule has 0 aromatic heterocycles. The van der Waals surface area contributed by atoms with Crippen LogP contribution in [0.2, 0.25) is 0 Å². The van der Waals surface area contributed by atoms with Crippen molar-refractivity contribution < 1.29 is 4.79 Å². The molecule has 1 rings (SSSR count). The quantitative estimate of drug-likeness (QED) is 0.824. The minimum Gasteiger partial charge on any atom is -0.351 e. The molecule has 1 aromatic rings. The predicted octanol–water partition coefficient (Wildman–Crippen LogP) is 2.71. The van der Waals surface area contributed by atoms with Gasteiger partial charge in [0.2, 0.25) is 5.91 Å². The van der Waals surface area contributed by atoms with Crippen LogP contribution in [0.5, 0.6) is 0 Å². The summed E-state index contributed by atoms with van der Waals surface area (Å²) in [6.45, 7) is 7.89. The summed E-state index contributed by atoms with van der Waals surface area (Å²) in [4.78, 5) is 12.8. The Kier molecular flexibility index (Phi) is 5.23. The van der Waals surface area contributed by atoms with Crippen LogP contribution in [-0.2, 0) is 4.79 Å². The van der Waals surface area contributed by atoms with E-state index < -0.39 is 0 Å². The molecule has 18 heavy (non-hydrogen) atoms. The zero-order valence-corrected chi connectivity index (χ0v) is 12.3. The summed E-state index contributed by atoms with van der Waals surface area (Å²) in [7, 11) is 0. The first kappa shape index (κ1) is 15.1. The van der Waals surface area contributed by atoms with Crippen molar-refractivity contribution in [3.8, 4) is 0 Å².